The van der Waals surface area contributed by atoms with Gasteiger partial charge in [-0.05, 0) is 31.0 Å². The van der Waals surface area contributed by atoms with E-state index in [2.05, 4.69) is 10.3 Å². The lowest BCUT2D eigenvalue weighted by Crippen LogP contribution is -2.35. The molecule has 0 atom stereocenters. The third-order valence-corrected chi connectivity index (χ3v) is 5.80. The van der Waals surface area contributed by atoms with Crippen LogP contribution in [0.25, 0.3) is 0 Å². The Morgan fingerprint density at radius 1 is 1.31 bits per heavy atom. The summed E-state index contributed by atoms with van der Waals surface area (Å²) in [5.74, 6) is 0.277. The molecule has 0 saturated heterocycles. The van der Waals surface area contributed by atoms with Crippen molar-refractivity contribution in [2.45, 2.75) is 25.8 Å². The number of aromatic nitrogens is 1. The van der Waals surface area contributed by atoms with Crippen molar-refractivity contribution < 1.29 is 9.59 Å². The maximum Gasteiger partial charge on any atom is 0.254 e. The van der Waals surface area contributed by atoms with Crippen molar-refractivity contribution in [3.8, 4) is 0 Å². The van der Waals surface area contributed by atoms with Gasteiger partial charge >= 0.3 is 0 Å². The van der Waals surface area contributed by atoms with E-state index in [0.29, 0.717) is 23.8 Å². The van der Waals surface area contributed by atoms with Gasteiger partial charge in [-0.2, -0.15) is 0 Å². The number of benzene rings is 1. The molecular weight excluding hydrogens is 348 g/mol. The van der Waals surface area contributed by atoms with Crippen molar-refractivity contribution >= 4 is 34.0 Å². The molecule has 1 N–H and O–H groups in total. The normalized spacial score (nSPS) is 16.2. The zero-order valence-corrected chi connectivity index (χ0v) is 15.8. The van der Waals surface area contributed by atoms with Gasteiger partial charge in [0.25, 0.3) is 5.91 Å². The minimum absolute atomic E-state index is 0.0383. The highest BCUT2D eigenvalue weighted by Gasteiger charge is 2.31. The van der Waals surface area contributed by atoms with Gasteiger partial charge in [0.2, 0.25) is 5.91 Å². The number of nitrogens with one attached hydrogen (secondary N) is 1. The smallest absolute Gasteiger partial charge is 0.254 e. The molecule has 2 amide bonds. The van der Waals surface area contributed by atoms with E-state index < -0.39 is 0 Å². The summed E-state index contributed by atoms with van der Waals surface area (Å²) in [5, 5.41) is 3.58. The van der Waals surface area contributed by atoms with Crippen molar-refractivity contribution in [2.24, 2.45) is 5.92 Å². The largest absolute Gasteiger partial charge is 0.378 e. The lowest BCUT2D eigenvalue weighted by molar-refractivity contribution is -0.117. The first-order chi connectivity index (χ1) is 12.5. The van der Waals surface area contributed by atoms with E-state index in [1.807, 2.05) is 48.2 Å². The van der Waals surface area contributed by atoms with Gasteiger partial charge in [-0.25, -0.2) is 4.98 Å². The molecule has 1 aromatic carbocycles. The fourth-order valence-electron chi connectivity index (χ4n) is 3.07. The standard InChI is InChI=1S/C19H22N4O2S/c1-22(2)14-5-3-4-13(10-14)18(25)23-9-8-15-16(11-23)26-19(20-15)21-17(24)12-6-7-12/h3-5,10,12H,6-9,11H2,1-2H3,(H,20,21,24). The molecule has 136 valence electrons. The van der Waals surface area contributed by atoms with Crippen LogP contribution in [0, 0.1) is 5.92 Å². The van der Waals surface area contributed by atoms with Crippen molar-refractivity contribution in [3.05, 3.63) is 40.4 Å². The number of hydrogen-bond donors (Lipinski definition) is 1. The Morgan fingerprint density at radius 2 is 2.12 bits per heavy atom. The van der Waals surface area contributed by atoms with E-state index in [0.717, 1.165) is 35.5 Å². The number of carbonyl (C=O) groups is 2. The van der Waals surface area contributed by atoms with Crippen LogP contribution in [0.2, 0.25) is 0 Å². The SMILES string of the molecule is CN(C)c1cccc(C(=O)N2CCc3nc(NC(=O)C4CC4)sc3C2)c1. The minimum atomic E-state index is 0.0383. The Bertz CT molecular complexity index is 857. The molecule has 7 heteroatoms. The molecule has 0 radical (unpaired) electrons. The van der Waals surface area contributed by atoms with Crippen LogP contribution in [0.4, 0.5) is 10.8 Å². The Kier molecular flexibility index (Phi) is 4.40. The maximum absolute atomic E-state index is 12.9. The second-order valence-electron chi connectivity index (χ2n) is 7.07. The molecular formula is C19H22N4O2S. The third kappa shape index (κ3) is 3.44. The molecule has 0 bridgehead atoms. The van der Waals surface area contributed by atoms with E-state index in [9.17, 15) is 9.59 Å². The molecule has 1 aliphatic heterocycles. The summed E-state index contributed by atoms with van der Waals surface area (Å²) in [7, 11) is 3.93. The number of amides is 2. The summed E-state index contributed by atoms with van der Waals surface area (Å²) < 4.78 is 0. The average molecular weight is 370 g/mol. The molecule has 26 heavy (non-hydrogen) atoms. The summed E-state index contributed by atoms with van der Waals surface area (Å²) in [6, 6.07) is 7.68. The molecule has 1 aromatic heterocycles. The molecule has 0 unspecified atom stereocenters. The fourth-order valence-corrected chi connectivity index (χ4v) is 4.10. The number of anilines is 2. The Labute approximate surface area is 156 Å². The molecule has 1 fully saturated rings. The van der Waals surface area contributed by atoms with Gasteiger partial charge in [0.15, 0.2) is 5.13 Å². The highest BCUT2D eigenvalue weighted by Crippen LogP contribution is 2.33. The summed E-state index contributed by atoms with van der Waals surface area (Å²) in [5.41, 5.74) is 2.72. The summed E-state index contributed by atoms with van der Waals surface area (Å²) >= 11 is 1.49. The molecule has 6 nitrogen and oxygen atoms in total. The zero-order chi connectivity index (χ0) is 18.3. The quantitative estimate of drug-likeness (QED) is 0.899. The van der Waals surface area contributed by atoms with Crippen LogP contribution in [0.15, 0.2) is 24.3 Å². The third-order valence-electron chi connectivity index (χ3n) is 4.81. The first-order valence-electron chi connectivity index (χ1n) is 8.87. The zero-order valence-electron chi connectivity index (χ0n) is 15.0. The predicted molar refractivity (Wildman–Crippen MR) is 103 cm³/mol. The van der Waals surface area contributed by atoms with Gasteiger partial charge in [0, 0.05) is 49.1 Å². The summed E-state index contributed by atoms with van der Waals surface area (Å²) in [4.78, 5) is 34.3. The second-order valence-corrected chi connectivity index (χ2v) is 8.16. The van der Waals surface area contributed by atoms with Gasteiger partial charge in [0.05, 0.1) is 12.2 Å². The molecule has 0 spiro atoms. The number of rotatable bonds is 4. The lowest BCUT2D eigenvalue weighted by atomic mass is 10.1. The summed E-state index contributed by atoms with van der Waals surface area (Å²) in [6.07, 6.45) is 2.68. The highest BCUT2D eigenvalue weighted by atomic mass is 32.1. The van der Waals surface area contributed by atoms with Crippen LogP contribution in [0.3, 0.4) is 0 Å². The van der Waals surface area contributed by atoms with Crippen LogP contribution in [0.1, 0.15) is 33.8 Å². The number of thiazole rings is 1. The van der Waals surface area contributed by atoms with Gasteiger partial charge in [0.1, 0.15) is 0 Å². The summed E-state index contributed by atoms with van der Waals surface area (Å²) in [6.45, 7) is 1.20. The van der Waals surface area contributed by atoms with E-state index in [1.165, 1.54) is 11.3 Å². The molecule has 2 heterocycles. The Hall–Kier alpha value is -2.41. The minimum Gasteiger partial charge on any atom is -0.378 e. The van der Waals surface area contributed by atoms with Crippen molar-refractivity contribution in [1.29, 1.82) is 0 Å². The molecule has 1 aliphatic carbocycles. The lowest BCUT2D eigenvalue weighted by Gasteiger charge is -2.26. The van der Waals surface area contributed by atoms with Crippen LogP contribution in [-0.4, -0.2) is 42.3 Å². The van der Waals surface area contributed by atoms with Crippen LogP contribution < -0.4 is 10.2 Å². The highest BCUT2D eigenvalue weighted by molar-refractivity contribution is 7.15. The fraction of sp³-hybridized carbons (Fsp3) is 0.421. The first-order valence-corrected chi connectivity index (χ1v) is 9.69. The second kappa shape index (κ2) is 6.72. The molecule has 1 saturated carbocycles. The van der Waals surface area contributed by atoms with Crippen molar-refractivity contribution in [2.75, 3.05) is 30.9 Å². The predicted octanol–water partition coefficient (Wildman–Crippen LogP) is 2.76. The number of hydrogen-bond acceptors (Lipinski definition) is 5. The van der Waals surface area contributed by atoms with Gasteiger partial charge in [-0.1, -0.05) is 17.4 Å². The Balaban J connectivity index is 1.47. The van der Waals surface area contributed by atoms with E-state index in [1.54, 1.807) is 0 Å². The van der Waals surface area contributed by atoms with Gasteiger partial charge < -0.3 is 15.1 Å². The first kappa shape index (κ1) is 17.0. The maximum atomic E-state index is 12.9. The molecule has 2 aliphatic rings. The monoisotopic (exact) mass is 370 g/mol. The van der Waals surface area contributed by atoms with Gasteiger partial charge in [-0.15, -0.1) is 0 Å². The topological polar surface area (TPSA) is 65.5 Å². The van der Waals surface area contributed by atoms with Crippen LogP contribution in [0.5, 0.6) is 0 Å². The van der Waals surface area contributed by atoms with Gasteiger partial charge in [-0.3, -0.25) is 9.59 Å². The van der Waals surface area contributed by atoms with Crippen LogP contribution >= 0.6 is 11.3 Å². The van der Waals surface area contributed by atoms with E-state index >= 15 is 0 Å². The number of nitrogens with zero attached hydrogens (tertiary/aromatic N) is 3. The van der Waals surface area contributed by atoms with Crippen LogP contribution in [-0.2, 0) is 17.8 Å². The molecule has 4 rings (SSSR count). The van der Waals surface area contributed by atoms with E-state index in [-0.39, 0.29) is 17.7 Å². The average Bonchev–Trinajstić information content (AvgIpc) is 3.41. The molecule has 2 aromatic rings. The Morgan fingerprint density at radius 3 is 2.85 bits per heavy atom. The van der Waals surface area contributed by atoms with Crippen molar-refractivity contribution in [1.82, 2.24) is 9.88 Å². The number of carbonyl (C=O) groups excluding carboxylic acids is 2. The van der Waals surface area contributed by atoms with Crippen molar-refractivity contribution in [3.63, 3.8) is 0 Å². The van der Waals surface area contributed by atoms with E-state index in [4.69, 9.17) is 0 Å². The number of fused-ring (bicyclic) bond motifs is 1.